The largest absolute Gasteiger partial charge is 0.328 e. The number of benzene rings is 1. The molecule has 4 nitrogen and oxygen atoms in total. The molecule has 1 heterocycles. The first-order valence-electron chi connectivity index (χ1n) is 6.48. The fourth-order valence-electron chi connectivity index (χ4n) is 2.15. The van der Waals surface area contributed by atoms with Gasteiger partial charge >= 0.3 is 0 Å². The predicted molar refractivity (Wildman–Crippen MR) is 88.0 cm³/mol. The molecule has 0 radical (unpaired) electrons. The molecular weight excluding hydrogens is 297 g/mol. The maximum Gasteiger partial charge on any atom is 0.238 e. The third-order valence-electron chi connectivity index (χ3n) is 3.33. The lowest BCUT2D eigenvalue weighted by molar-refractivity contribution is -0.117. The molecular formula is C14H23Cl2N3O. The summed E-state index contributed by atoms with van der Waals surface area (Å²) >= 11 is 0. The zero-order chi connectivity index (χ0) is 13.0. The zero-order valence-electron chi connectivity index (χ0n) is 11.7. The predicted octanol–water partition coefficient (Wildman–Crippen LogP) is 2.20. The van der Waals surface area contributed by atoms with Gasteiger partial charge in [0.1, 0.15) is 0 Å². The van der Waals surface area contributed by atoms with Gasteiger partial charge in [0, 0.05) is 24.8 Å². The van der Waals surface area contributed by atoms with Crippen molar-refractivity contribution in [3.05, 3.63) is 29.8 Å². The highest BCUT2D eigenvalue weighted by atomic mass is 35.5. The van der Waals surface area contributed by atoms with Crippen molar-refractivity contribution in [2.24, 2.45) is 5.73 Å². The Morgan fingerprint density at radius 1 is 1.25 bits per heavy atom. The van der Waals surface area contributed by atoms with Gasteiger partial charge in [0.2, 0.25) is 5.91 Å². The molecule has 0 aromatic heterocycles. The number of aryl methyl sites for hydroxylation is 1. The molecule has 0 bridgehead atoms. The number of rotatable bonds is 3. The molecule has 6 heteroatoms. The van der Waals surface area contributed by atoms with Crippen LogP contribution in [0.15, 0.2) is 24.3 Å². The van der Waals surface area contributed by atoms with Crippen LogP contribution in [0.4, 0.5) is 5.69 Å². The van der Waals surface area contributed by atoms with E-state index in [1.54, 1.807) is 0 Å². The number of halogens is 2. The summed E-state index contributed by atoms with van der Waals surface area (Å²) in [7, 11) is 0. The number of amides is 1. The van der Waals surface area contributed by atoms with E-state index in [0.717, 1.165) is 31.6 Å². The second kappa shape index (κ2) is 9.19. The standard InChI is InChI=1S/C14H21N3O.2ClH/c1-11-2-4-13(5-3-11)16-14(18)10-17-8-6-12(15)7-9-17;;/h2-5,12H,6-10,15H2,1H3,(H,16,18);2*1H. The van der Waals surface area contributed by atoms with Crippen LogP contribution in [0, 0.1) is 6.92 Å². The number of anilines is 1. The van der Waals surface area contributed by atoms with Gasteiger partial charge in [-0.2, -0.15) is 0 Å². The molecule has 1 aromatic rings. The highest BCUT2D eigenvalue weighted by Crippen LogP contribution is 2.10. The molecule has 1 aromatic carbocycles. The van der Waals surface area contributed by atoms with Crippen molar-refractivity contribution in [2.45, 2.75) is 25.8 Å². The average Bonchev–Trinajstić information content (AvgIpc) is 2.35. The molecule has 3 N–H and O–H groups in total. The minimum absolute atomic E-state index is 0. The van der Waals surface area contributed by atoms with Crippen molar-refractivity contribution in [1.29, 1.82) is 0 Å². The second-order valence-corrected chi connectivity index (χ2v) is 5.03. The summed E-state index contributed by atoms with van der Waals surface area (Å²) in [6, 6.07) is 8.16. The number of likely N-dealkylation sites (tertiary alicyclic amines) is 1. The second-order valence-electron chi connectivity index (χ2n) is 5.03. The zero-order valence-corrected chi connectivity index (χ0v) is 13.3. The minimum Gasteiger partial charge on any atom is -0.328 e. The van der Waals surface area contributed by atoms with Crippen molar-refractivity contribution in [3.63, 3.8) is 0 Å². The molecule has 1 aliphatic heterocycles. The Morgan fingerprint density at radius 3 is 2.35 bits per heavy atom. The van der Waals surface area contributed by atoms with E-state index in [-0.39, 0.29) is 30.7 Å². The lowest BCUT2D eigenvalue weighted by Gasteiger charge is -2.29. The SMILES string of the molecule is Cc1ccc(NC(=O)CN2CCC(N)CC2)cc1.Cl.Cl. The number of nitrogens with two attached hydrogens (primary N) is 1. The Labute approximate surface area is 132 Å². The van der Waals surface area contributed by atoms with Gasteiger partial charge in [-0.15, -0.1) is 24.8 Å². The summed E-state index contributed by atoms with van der Waals surface area (Å²) < 4.78 is 0. The maximum atomic E-state index is 11.9. The summed E-state index contributed by atoms with van der Waals surface area (Å²) in [4.78, 5) is 14.0. The Bertz CT molecular complexity index is 403. The van der Waals surface area contributed by atoms with Crippen molar-refractivity contribution < 1.29 is 4.79 Å². The summed E-state index contributed by atoms with van der Waals surface area (Å²) in [5.74, 6) is 0.0503. The molecule has 114 valence electrons. The molecule has 0 saturated carbocycles. The molecule has 0 spiro atoms. The van der Waals surface area contributed by atoms with Gasteiger partial charge in [-0.25, -0.2) is 0 Å². The van der Waals surface area contributed by atoms with E-state index in [2.05, 4.69) is 10.2 Å². The van der Waals surface area contributed by atoms with E-state index in [1.807, 2.05) is 31.2 Å². The fraction of sp³-hybridized carbons (Fsp3) is 0.500. The Hall–Kier alpha value is -0.810. The highest BCUT2D eigenvalue weighted by Gasteiger charge is 2.18. The van der Waals surface area contributed by atoms with Crippen molar-refractivity contribution in [1.82, 2.24) is 4.90 Å². The van der Waals surface area contributed by atoms with Crippen molar-refractivity contribution in [3.8, 4) is 0 Å². The minimum atomic E-state index is 0. The van der Waals surface area contributed by atoms with Gasteiger partial charge in [0.25, 0.3) is 0 Å². The molecule has 0 atom stereocenters. The van der Waals surface area contributed by atoms with Crippen LogP contribution in [0.25, 0.3) is 0 Å². The molecule has 2 rings (SSSR count). The molecule has 1 amide bonds. The van der Waals surface area contributed by atoms with Crippen LogP contribution < -0.4 is 11.1 Å². The molecule has 1 aliphatic rings. The third kappa shape index (κ3) is 6.09. The summed E-state index contributed by atoms with van der Waals surface area (Å²) in [5.41, 5.74) is 7.89. The van der Waals surface area contributed by atoms with Gasteiger partial charge in [0.05, 0.1) is 6.54 Å². The molecule has 1 fully saturated rings. The van der Waals surface area contributed by atoms with Crippen LogP contribution >= 0.6 is 24.8 Å². The smallest absolute Gasteiger partial charge is 0.238 e. The normalized spacial score (nSPS) is 15.9. The van der Waals surface area contributed by atoms with Crippen LogP contribution in [-0.4, -0.2) is 36.5 Å². The van der Waals surface area contributed by atoms with Crippen molar-refractivity contribution in [2.75, 3.05) is 25.0 Å². The summed E-state index contributed by atoms with van der Waals surface area (Å²) in [6.07, 6.45) is 1.97. The number of piperidine rings is 1. The quantitative estimate of drug-likeness (QED) is 0.898. The lowest BCUT2D eigenvalue weighted by Crippen LogP contribution is -2.43. The topological polar surface area (TPSA) is 58.4 Å². The Morgan fingerprint density at radius 2 is 1.80 bits per heavy atom. The molecule has 0 unspecified atom stereocenters. The lowest BCUT2D eigenvalue weighted by atomic mass is 10.1. The maximum absolute atomic E-state index is 11.9. The first-order chi connectivity index (χ1) is 8.63. The molecule has 1 saturated heterocycles. The van der Waals surface area contributed by atoms with E-state index in [4.69, 9.17) is 5.73 Å². The van der Waals surface area contributed by atoms with Crippen LogP contribution in [0.3, 0.4) is 0 Å². The number of carbonyl (C=O) groups excluding carboxylic acids is 1. The van der Waals surface area contributed by atoms with E-state index < -0.39 is 0 Å². The van der Waals surface area contributed by atoms with Gasteiger partial charge < -0.3 is 11.1 Å². The van der Waals surface area contributed by atoms with E-state index in [9.17, 15) is 4.79 Å². The summed E-state index contributed by atoms with van der Waals surface area (Å²) in [6.45, 7) is 4.33. The number of hydrogen-bond acceptors (Lipinski definition) is 3. The number of nitrogens with zero attached hydrogens (tertiary/aromatic N) is 1. The summed E-state index contributed by atoms with van der Waals surface area (Å²) in [5, 5.41) is 2.92. The van der Waals surface area contributed by atoms with Gasteiger partial charge in [-0.05, 0) is 31.9 Å². The third-order valence-corrected chi connectivity index (χ3v) is 3.33. The Kier molecular flexibility index (Phi) is 8.81. The van der Waals surface area contributed by atoms with Crippen LogP contribution in [-0.2, 0) is 4.79 Å². The Balaban J connectivity index is 0.00000180. The van der Waals surface area contributed by atoms with Crippen LogP contribution in [0.1, 0.15) is 18.4 Å². The van der Waals surface area contributed by atoms with E-state index in [1.165, 1.54) is 5.56 Å². The molecule has 20 heavy (non-hydrogen) atoms. The first kappa shape index (κ1) is 19.2. The van der Waals surface area contributed by atoms with Gasteiger partial charge in [-0.3, -0.25) is 9.69 Å². The van der Waals surface area contributed by atoms with Crippen LogP contribution in [0.2, 0.25) is 0 Å². The monoisotopic (exact) mass is 319 g/mol. The van der Waals surface area contributed by atoms with Crippen LogP contribution in [0.5, 0.6) is 0 Å². The fourth-order valence-corrected chi connectivity index (χ4v) is 2.15. The first-order valence-corrected chi connectivity index (χ1v) is 6.48. The average molecular weight is 320 g/mol. The number of hydrogen-bond donors (Lipinski definition) is 2. The van der Waals surface area contributed by atoms with Gasteiger partial charge in [-0.1, -0.05) is 17.7 Å². The van der Waals surface area contributed by atoms with Gasteiger partial charge in [0.15, 0.2) is 0 Å². The molecule has 0 aliphatic carbocycles. The van der Waals surface area contributed by atoms with E-state index >= 15 is 0 Å². The van der Waals surface area contributed by atoms with Crippen molar-refractivity contribution >= 4 is 36.4 Å². The van der Waals surface area contributed by atoms with E-state index in [0.29, 0.717) is 12.6 Å². The highest BCUT2D eigenvalue weighted by molar-refractivity contribution is 5.92. The number of carbonyl (C=O) groups is 1. The number of nitrogens with one attached hydrogen (secondary N) is 1.